The first-order chi connectivity index (χ1) is 19.7. The SMILES string of the molecule is CC[C@H]1O[C@@](O)(n2cnc3c(OC(=O)N(c4ccccc4)c4ccccc4)nc(NC(=O)C(C)C)nc32)C[C@@H]1CO. The molecule has 12 heteroatoms. The molecule has 2 amide bonds. The summed E-state index contributed by atoms with van der Waals surface area (Å²) in [6.45, 7) is 5.16. The molecule has 5 rings (SSSR count). The third-order valence-electron chi connectivity index (χ3n) is 6.93. The quantitative estimate of drug-likeness (QED) is 0.288. The van der Waals surface area contributed by atoms with E-state index in [1.807, 2.05) is 19.1 Å². The number of carbonyl (C=O) groups excluding carboxylic acids is 2. The van der Waals surface area contributed by atoms with E-state index in [0.717, 1.165) is 0 Å². The minimum Gasteiger partial charge on any atom is -0.396 e. The molecule has 1 saturated heterocycles. The molecule has 2 aromatic heterocycles. The Morgan fingerprint density at radius 3 is 2.29 bits per heavy atom. The van der Waals surface area contributed by atoms with Crippen LogP contribution in [0.4, 0.5) is 22.1 Å². The molecular weight excluding hydrogens is 528 g/mol. The number of aliphatic hydroxyl groups is 2. The van der Waals surface area contributed by atoms with Crippen molar-refractivity contribution in [3.05, 3.63) is 67.0 Å². The van der Waals surface area contributed by atoms with Gasteiger partial charge in [0, 0.05) is 24.9 Å². The molecule has 1 fully saturated rings. The standard InChI is InChI=1S/C29H32N6O6/c1-4-22-19(16-36)15-29(39,41-22)34-17-30-23-24(34)31-27(32-25(37)18(2)3)33-26(23)40-28(38)35(20-11-7-5-8-12-20)21-13-9-6-10-14-21/h5-14,17-19,22,36,39H,4,15-16H2,1-3H3,(H,31,32,33,37)/t19-,22-,29-/m1/s1. The number of hydrogen-bond acceptors (Lipinski definition) is 9. The number of benzene rings is 2. The van der Waals surface area contributed by atoms with Gasteiger partial charge in [-0.1, -0.05) is 57.2 Å². The van der Waals surface area contributed by atoms with E-state index in [4.69, 9.17) is 9.47 Å². The number of carbonyl (C=O) groups is 2. The Bertz CT molecular complexity index is 1480. The van der Waals surface area contributed by atoms with Crippen LogP contribution in [-0.2, 0) is 15.4 Å². The number of fused-ring (bicyclic) bond motifs is 1. The molecule has 3 N–H and O–H groups in total. The normalized spacial score (nSPS) is 20.3. The van der Waals surface area contributed by atoms with Gasteiger partial charge in [-0.3, -0.25) is 14.7 Å². The summed E-state index contributed by atoms with van der Waals surface area (Å²) in [5.41, 5.74) is 1.26. The highest BCUT2D eigenvalue weighted by molar-refractivity contribution is 5.98. The second-order valence-electron chi connectivity index (χ2n) is 10.1. The van der Waals surface area contributed by atoms with Crippen LogP contribution in [0.15, 0.2) is 67.0 Å². The van der Waals surface area contributed by atoms with Gasteiger partial charge in [0.15, 0.2) is 11.2 Å². The lowest BCUT2D eigenvalue weighted by atomic mass is 9.99. The van der Waals surface area contributed by atoms with Gasteiger partial charge in [-0.05, 0) is 30.7 Å². The number of ether oxygens (including phenoxy) is 2. The van der Waals surface area contributed by atoms with Crippen molar-refractivity contribution >= 4 is 40.5 Å². The Morgan fingerprint density at radius 2 is 1.76 bits per heavy atom. The largest absolute Gasteiger partial charge is 0.425 e. The molecular formula is C29H32N6O6. The first kappa shape index (κ1) is 28.1. The summed E-state index contributed by atoms with van der Waals surface area (Å²) in [7, 11) is 0. The van der Waals surface area contributed by atoms with Gasteiger partial charge >= 0.3 is 6.09 Å². The molecule has 0 aliphatic carbocycles. The average molecular weight is 561 g/mol. The van der Waals surface area contributed by atoms with Crippen LogP contribution in [0.2, 0.25) is 0 Å². The number of anilines is 3. The molecule has 0 spiro atoms. The number of imidazole rings is 1. The summed E-state index contributed by atoms with van der Waals surface area (Å²) in [5.74, 6) is -3.29. The fraction of sp³-hybridized carbons (Fsp3) is 0.345. The van der Waals surface area contributed by atoms with Crippen LogP contribution in [-0.4, -0.2) is 54.4 Å². The number of aromatic nitrogens is 4. The van der Waals surface area contributed by atoms with Crippen molar-refractivity contribution in [2.24, 2.45) is 11.8 Å². The number of hydrogen-bond donors (Lipinski definition) is 3. The summed E-state index contributed by atoms with van der Waals surface area (Å²) >= 11 is 0. The van der Waals surface area contributed by atoms with Crippen LogP contribution >= 0.6 is 0 Å². The van der Waals surface area contributed by atoms with Gasteiger partial charge in [0.05, 0.1) is 17.5 Å². The van der Waals surface area contributed by atoms with Gasteiger partial charge < -0.3 is 19.7 Å². The molecule has 41 heavy (non-hydrogen) atoms. The van der Waals surface area contributed by atoms with Gasteiger partial charge in [-0.2, -0.15) is 9.97 Å². The molecule has 3 atom stereocenters. The maximum atomic E-state index is 13.7. The molecule has 1 aliphatic heterocycles. The van der Waals surface area contributed by atoms with Crippen molar-refractivity contribution in [3.63, 3.8) is 0 Å². The average Bonchev–Trinajstić information content (AvgIpc) is 3.56. The van der Waals surface area contributed by atoms with Crippen molar-refractivity contribution in [1.82, 2.24) is 19.5 Å². The molecule has 0 unspecified atom stereocenters. The number of aliphatic hydroxyl groups excluding tert-OH is 1. The van der Waals surface area contributed by atoms with E-state index in [-0.39, 0.29) is 53.8 Å². The predicted molar refractivity (Wildman–Crippen MR) is 150 cm³/mol. The molecule has 4 aromatic rings. The van der Waals surface area contributed by atoms with Gasteiger partial charge in [-0.15, -0.1) is 0 Å². The number of amides is 2. The molecule has 214 valence electrons. The summed E-state index contributed by atoms with van der Waals surface area (Å²) in [6, 6.07) is 17.9. The number of nitrogens with one attached hydrogen (secondary N) is 1. The Kier molecular flexibility index (Phi) is 7.97. The maximum Gasteiger partial charge on any atom is 0.425 e. The van der Waals surface area contributed by atoms with Crippen LogP contribution in [0, 0.1) is 11.8 Å². The van der Waals surface area contributed by atoms with Crippen molar-refractivity contribution in [2.75, 3.05) is 16.8 Å². The smallest absolute Gasteiger partial charge is 0.396 e. The first-order valence-corrected chi connectivity index (χ1v) is 13.4. The van der Waals surface area contributed by atoms with Crippen molar-refractivity contribution in [2.45, 2.75) is 45.6 Å². The lowest BCUT2D eigenvalue weighted by Gasteiger charge is -2.25. The molecule has 3 heterocycles. The third-order valence-corrected chi connectivity index (χ3v) is 6.93. The lowest BCUT2D eigenvalue weighted by Crippen LogP contribution is -2.33. The zero-order valence-electron chi connectivity index (χ0n) is 23.0. The van der Waals surface area contributed by atoms with Crippen LogP contribution < -0.4 is 15.0 Å². The Labute approximate surface area is 236 Å². The molecule has 1 aliphatic rings. The Morgan fingerprint density at radius 1 is 1.12 bits per heavy atom. The monoisotopic (exact) mass is 560 g/mol. The van der Waals surface area contributed by atoms with E-state index in [1.165, 1.54) is 15.8 Å². The summed E-state index contributed by atoms with van der Waals surface area (Å²) in [6.07, 6.45) is 0.786. The summed E-state index contributed by atoms with van der Waals surface area (Å²) in [5, 5.41) is 24.0. The molecule has 0 saturated carbocycles. The lowest BCUT2D eigenvalue weighted by molar-refractivity contribution is -0.250. The fourth-order valence-corrected chi connectivity index (χ4v) is 4.77. The Balaban J connectivity index is 1.58. The fourth-order valence-electron chi connectivity index (χ4n) is 4.77. The predicted octanol–water partition coefficient (Wildman–Crippen LogP) is 4.17. The van der Waals surface area contributed by atoms with Gasteiger partial charge in [-0.25, -0.2) is 14.7 Å². The van der Waals surface area contributed by atoms with Gasteiger partial charge in [0.25, 0.3) is 11.8 Å². The molecule has 0 radical (unpaired) electrons. The van der Waals surface area contributed by atoms with E-state index in [9.17, 15) is 19.8 Å². The highest BCUT2D eigenvalue weighted by Crippen LogP contribution is 2.40. The van der Waals surface area contributed by atoms with Crippen molar-refractivity contribution < 1.29 is 29.3 Å². The minimum atomic E-state index is -1.88. The number of rotatable bonds is 8. The van der Waals surface area contributed by atoms with E-state index < -0.39 is 18.1 Å². The zero-order valence-corrected chi connectivity index (χ0v) is 23.0. The van der Waals surface area contributed by atoms with Gasteiger partial charge in [0.2, 0.25) is 11.9 Å². The number of nitrogens with zero attached hydrogens (tertiary/aromatic N) is 5. The molecule has 2 aromatic carbocycles. The van der Waals surface area contributed by atoms with Crippen LogP contribution in [0.1, 0.15) is 33.6 Å². The highest BCUT2D eigenvalue weighted by atomic mass is 16.7. The molecule has 0 bridgehead atoms. The second kappa shape index (κ2) is 11.6. The summed E-state index contributed by atoms with van der Waals surface area (Å²) in [4.78, 5) is 40.7. The van der Waals surface area contributed by atoms with Crippen molar-refractivity contribution in [1.29, 1.82) is 0 Å². The summed E-state index contributed by atoms with van der Waals surface area (Å²) < 4.78 is 13.1. The highest BCUT2D eigenvalue weighted by Gasteiger charge is 2.47. The van der Waals surface area contributed by atoms with Crippen LogP contribution in [0.5, 0.6) is 5.88 Å². The van der Waals surface area contributed by atoms with Crippen molar-refractivity contribution in [3.8, 4) is 5.88 Å². The van der Waals surface area contributed by atoms with Crippen LogP contribution in [0.3, 0.4) is 0 Å². The first-order valence-electron chi connectivity index (χ1n) is 13.4. The number of para-hydroxylation sites is 2. The maximum absolute atomic E-state index is 13.7. The Hall–Kier alpha value is -4.39. The van der Waals surface area contributed by atoms with E-state index >= 15 is 0 Å². The third kappa shape index (κ3) is 5.62. The van der Waals surface area contributed by atoms with E-state index in [1.54, 1.807) is 62.4 Å². The van der Waals surface area contributed by atoms with Gasteiger partial charge in [0.1, 0.15) is 6.33 Å². The minimum absolute atomic E-state index is 0.0690. The second-order valence-corrected chi connectivity index (χ2v) is 10.1. The topological polar surface area (TPSA) is 152 Å². The van der Waals surface area contributed by atoms with E-state index in [0.29, 0.717) is 17.8 Å². The van der Waals surface area contributed by atoms with E-state index in [2.05, 4.69) is 20.3 Å². The molecule has 12 nitrogen and oxygen atoms in total. The zero-order chi connectivity index (χ0) is 29.1. The van der Waals surface area contributed by atoms with Crippen LogP contribution in [0.25, 0.3) is 11.2 Å².